The number of amides is 1. The third-order valence-corrected chi connectivity index (χ3v) is 11.6. The average molecular weight is 632 g/mol. The van der Waals surface area contributed by atoms with Crippen LogP contribution in [0, 0.1) is 18.8 Å². The Labute approximate surface area is 240 Å². The number of carboxylic acids is 1. The normalized spacial score (nSPS) is 28.3. The quantitative estimate of drug-likeness (QED) is 0.265. The highest BCUT2D eigenvalue weighted by atomic mass is 35.5. The molecule has 1 saturated carbocycles. The van der Waals surface area contributed by atoms with Crippen molar-refractivity contribution in [3.05, 3.63) is 50.8 Å². The Kier molecular flexibility index (Phi) is 7.37. The van der Waals surface area contributed by atoms with Gasteiger partial charge in [0.2, 0.25) is 5.91 Å². The van der Waals surface area contributed by atoms with Crippen molar-refractivity contribution in [1.29, 1.82) is 0 Å². The summed E-state index contributed by atoms with van der Waals surface area (Å²) in [5.41, 5.74) is 1.40. The summed E-state index contributed by atoms with van der Waals surface area (Å²) < 4.78 is 3.00. The number of esters is 1. The number of ether oxygens (including phenoxy) is 1. The molecular weight excluding hydrogens is 615 g/mol. The van der Waals surface area contributed by atoms with E-state index in [1.807, 2.05) is 30.3 Å². The lowest BCUT2D eigenvalue weighted by molar-refractivity contribution is -0.146. The minimum absolute atomic E-state index is 0.0958. The number of hydrogen-bond donors (Lipinski definition) is 2. The van der Waals surface area contributed by atoms with Gasteiger partial charge in [0.1, 0.15) is 20.3 Å². The van der Waals surface area contributed by atoms with Gasteiger partial charge in [-0.05, 0) is 19.4 Å². The van der Waals surface area contributed by atoms with Gasteiger partial charge in [0.05, 0.1) is 28.5 Å². The smallest absolute Gasteiger partial charge is 0.341 e. The van der Waals surface area contributed by atoms with Crippen molar-refractivity contribution >= 4 is 104 Å². The molecule has 13 heteroatoms. The maximum absolute atomic E-state index is 13.7. The number of hydrogen-bond acceptors (Lipinski definition) is 5. The molecule has 6 nitrogen and oxygen atoms in total. The molecule has 4 rings (SSSR count). The highest BCUT2D eigenvalue weighted by Gasteiger charge is 2.85. The largest absolute Gasteiger partial charge is 0.481 e. The van der Waals surface area contributed by atoms with E-state index in [0.29, 0.717) is 10.4 Å². The second-order valence-corrected chi connectivity index (χ2v) is 12.7. The molecule has 1 amide bonds. The van der Waals surface area contributed by atoms with Crippen LogP contribution in [0.3, 0.4) is 0 Å². The van der Waals surface area contributed by atoms with Crippen molar-refractivity contribution < 1.29 is 24.2 Å². The maximum Gasteiger partial charge on any atom is 0.341 e. The molecule has 0 spiro atoms. The minimum atomic E-state index is -2.24. The first-order valence-electron chi connectivity index (χ1n) is 10.5. The molecule has 0 aliphatic heterocycles. The number of carbonyl (C=O) groups is 3. The van der Waals surface area contributed by atoms with Crippen LogP contribution in [0.2, 0.25) is 0 Å². The van der Waals surface area contributed by atoms with Crippen molar-refractivity contribution in [1.82, 2.24) is 0 Å². The number of aryl methyl sites for hydroxylation is 1. The fourth-order valence-electron chi connectivity index (χ4n) is 4.80. The molecule has 1 aromatic carbocycles. The summed E-state index contributed by atoms with van der Waals surface area (Å²) >= 11 is 40.0. The number of fused-ring (bicyclic) bond motifs is 2. The molecule has 0 unspecified atom stereocenters. The Morgan fingerprint density at radius 2 is 1.58 bits per heavy atom. The van der Waals surface area contributed by atoms with Crippen LogP contribution in [0.4, 0.5) is 5.00 Å². The number of benzene rings is 1. The second-order valence-electron chi connectivity index (χ2n) is 8.23. The van der Waals surface area contributed by atoms with Crippen LogP contribution in [0.15, 0.2) is 40.4 Å². The predicted molar refractivity (Wildman–Crippen MR) is 144 cm³/mol. The van der Waals surface area contributed by atoms with Gasteiger partial charge >= 0.3 is 11.9 Å². The highest BCUT2D eigenvalue weighted by Crippen LogP contribution is 2.76. The molecule has 4 atom stereocenters. The zero-order valence-electron chi connectivity index (χ0n) is 18.5. The Balaban J connectivity index is 1.84. The molecule has 0 radical (unpaired) electrons. The number of thiophene rings is 1. The van der Waals surface area contributed by atoms with Crippen molar-refractivity contribution in [2.45, 2.75) is 27.9 Å². The van der Waals surface area contributed by atoms with Gasteiger partial charge in [-0.2, -0.15) is 0 Å². The van der Waals surface area contributed by atoms with E-state index in [4.69, 9.17) is 74.3 Å². The summed E-state index contributed by atoms with van der Waals surface area (Å²) in [5, 5.41) is 12.1. The molecule has 2 aromatic rings. The molecule has 2 bridgehead atoms. The van der Waals surface area contributed by atoms with Crippen LogP contribution in [-0.2, 0) is 14.3 Å². The molecule has 0 saturated heterocycles. The lowest BCUT2D eigenvalue weighted by atomic mass is 9.81. The number of anilines is 1. The topological polar surface area (TPSA) is 92.7 Å². The summed E-state index contributed by atoms with van der Waals surface area (Å²) in [7, 11) is 0. The van der Waals surface area contributed by atoms with Gasteiger partial charge in [0.15, 0.2) is 4.33 Å². The standard InChI is InChI=1S/C23H17Cl6NO5S/c1-3-35-20(34)12-11(10-7-5-4-6-8-10)9(2)36-18(12)30-17(31)13-14(19(32)33)22(27)16(25)15(24)21(13,26)23(22,28)29/h4-8,13-14H,3H2,1-2H3,(H,30,31)(H,32,33)/t13-,14+,21+,22+/m1/s1. The van der Waals surface area contributed by atoms with E-state index in [9.17, 15) is 19.5 Å². The van der Waals surface area contributed by atoms with Crippen molar-refractivity contribution in [3.63, 3.8) is 0 Å². The van der Waals surface area contributed by atoms with Crippen LogP contribution in [0.1, 0.15) is 22.2 Å². The predicted octanol–water partition coefficient (Wildman–Crippen LogP) is 7.00. The SMILES string of the molecule is CCOC(=O)c1c(NC(=O)[C@H]2[C@@H](C(=O)O)[C@]3(Cl)C(Cl)=C(Cl)[C@]2(Cl)C3(Cl)Cl)sc(C)c1-c1ccccc1. The summed E-state index contributed by atoms with van der Waals surface area (Å²) in [6.45, 7) is 3.53. The summed E-state index contributed by atoms with van der Waals surface area (Å²) in [5.74, 6) is -6.45. The maximum atomic E-state index is 13.7. The zero-order chi connectivity index (χ0) is 26.8. The molecular formula is C23H17Cl6NO5S. The van der Waals surface area contributed by atoms with Gasteiger partial charge in [0, 0.05) is 10.4 Å². The van der Waals surface area contributed by atoms with Crippen LogP contribution < -0.4 is 5.32 Å². The number of alkyl halides is 4. The highest BCUT2D eigenvalue weighted by molar-refractivity contribution is 7.17. The van der Waals surface area contributed by atoms with E-state index in [-0.39, 0.29) is 27.2 Å². The van der Waals surface area contributed by atoms with Crippen molar-refractivity contribution in [2.75, 3.05) is 11.9 Å². The minimum Gasteiger partial charge on any atom is -0.481 e. The summed E-state index contributed by atoms with van der Waals surface area (Å²) in [6.07, 6.45) is 0. The van der Waals surface area contributed by atoms with Crippen molar-refractivity contribution in [2.24, 2.45) is 11.8 Å². The number of nitrogens with one attached hydrogen (secondary N) is 1. The zero-order valence-corrected chi connectivity index (χ0v) is 23.9. The molecule has 36 heavy (non-hydrogen) atoms. The summed E-state index contributed by atoms with van der Waals surface area (Å²) in [4.78, 5) is 35.4. The van der Waals surface area contributed by atoms with Gasteiger partial charge in [-0.25, -0.2) is 4.79 Å². The number of allylic oxidation sites excluding steroid dienone is 2. The lowest BCUT2D eigenvalue weighted by Gasteiger charge is -2.33. The molecule has 2 aliphatic carbocycles. The van der Waals surface area contributed by atoms with Gasteiger partial charge in [-0.3, -0.25) is 9.59 Å². The first-order chi connectivity index (χ1) is 16.8. The van der Waals surface area contributed by atoms with Crippen LogP contribution in [0.25, 0.3) is 11.1 Å². The third kappa shape index (κ3) is 3.62. The average Bonchev–Trinajstić information content (AvgIpc) is 3.25. The number of halogens is 6. The number of rotatable bonds is 6. The first kappa shape index (κ1) is 27.8. The second kappa shape index (κ2) is 9.53. The fourth-order valence-corrected chi connectivity index (χ4v) is 8.80. The van der Waals surface area contributed by atoms with Gasteiger partial charge < -0.3 is 15.2 Å². The first-order valence-corrected chi connectivity index (χ1v) is 13.6. The van der Waals surface area contributed by atoms with Crippen molar-refractivity contribution in [3.8, 4) is 11.1 Å². The molecule has 1 heterocycles. The number of carbonyl (C=O) groups excluding carboxylic acids is 2. The van der Waals surface area contributed by atoms with Gasteiger partial charge in [-0.1, -0.05) is 76.7 Å². The Hall–Kier alpha value is -1.19. The number of carboxylic acid groups (broad SMARTS) is 1. The van der Waals surface area contributed by atoms with E-state index in [1.54, 1.807) is 13.8 Å². The van der Waals surface area contributed by atoms with E-state index in [1.165, 1.54) is 0 Å². The molecule has 2 aliphatic rings. The Bertz CT molecular complexity index is 1310. The van der Waals surface area contributed by atoms with E-state index < -0.39 is 43.8 Å². The molecule has 1 aromatic heterocycles. The van der Waals surface area contributed by atoms with Crippen LogP contribution in [-0.4, -0.2) is 43.6 Å². The monoisotopic (exact) mass is 629 g/mol. The van der Waals surface area contributed by atoms with Crippen LogP contribution >= 0.6 is 80.9 Å². The Morgan fingerprint density at radius 1 is 1.03 bits per heavy atom. The molecule has 2 N–H and O–H groups in total. The van der Waals surface area contributed by atoms with Gasteiger partial charge in [-0.15, -0.1) is 34.5 Å². The van der Waals surface area contributed by atoms with Gasteiger partial charge in [0.25, 0.3) is 0 Å². The third-order valence-electron chi connectivity index (χ3n) is 6.35. The lowest BCUT2D eigenvalue weighted by Crippen LogP contribution is -2.47. The molecule has 192 valence electrons. The van der Waals surface area contributed by atoms with E-state index in [0.717, 1.165) is 16.9 Å². The Morgan fingerprint density at radius 3 is 2.11 bits per heavy atom. The molecule has 1 fully saturated rings. The number of aliphatic carboxylic acids is 1. The fraction of sp³-hybridized carbons (Fsp3) is 0.348. The summed E-state index contributed by atoms with van der Waals surface area (Å²) in [6, 6.07) is 9.07. The van der Waals surface area contributed by atoms with E-state index in [2.05, 4.69) is 5.32 Å². The van der Waals surface area contributed by atoms with Crippen LogP contribution in [0.5, 0.6) is 0 Å². The van der Waals surface area contributed by atoms with E-state index >= 15 is 0 Å².